The summed E-state index contributed by atoms with van der Waals surface area (Å²) in [5, 5.41) is 2.43. The number of nitrogens with one attached hydrogen (secondary N) is 1. The molecule has 1 atom stereocenters. The maximum absolute atomic E-state index is 14.2. The molecule has 2 amide bonds. The first-order valence-corrected chi connectivity index (χ1v) is 9.29. The van der Waals surface area contributed by atoms with Gasteiger partial charge in [0, 0.05) is 18.2 Å². The maximum Gasteiger partial charge on any atom is 0.314 e. The number of hydrogen-bond acceptors (Lipinski definition) is 3. The fraction of sp³-hybridized carbons (Fsp3) is 0.333. The Morgan fingerprint density at radius 3 is 2.52 bits per heavy atom. The lowest BCUT2D eigenvalue weighted by Crippen LogP contribution is -2.39. The minimum Gasteiger partial charge on any atom is -0.489 e. The van der Waals surface area contributed by atoms with Gasteiger partial charge in [-0.3, -0.25) is 9.59 Å². The molecular weight excluding hydrogens is 385 g/mol. The number of ether oxygens (including phenoxy) is 1. The molecule has 1 aliphatic heterocycles. The van der Waals surface area contributed by atoms with E-state index in [1.807, 2.05) is 0 Å². The van der Waals surface area contributed by atoms with Crippen LogP contribution in [0.1, 0.15) is 38.3 Å². The van der Waals surface area contributed by atoms with Gasteiger partial charge in [0.25, 0.3) is 0 Å². The van der Waals surface area contributed by atoms with E-state index in [0.717, 1.165) is 30.3 Å². The summed E-state index contributed by atoms with van der Waals surface area (Å²) in [5.41, 5.74) is 0.181. The van der Waals surface area contributed by atoms with Crippen LogP contribution in [-0.4, -0.2) is 29.4 Å². The van der Waals surface area contributed by atoms with Crippen molar-refractivity contribution in [2.24, 2.45) is 0 Å². The van der Waals surface area contributed by atoms with Crippen LogP contribution in [0.3, 0.4) is 0 Å². The minimum atomic E-state index is -0.964. The van der Waals surface area contributed by atoms with E-state index < -0.39 is 35.3 Å². The summed E-state index contributed by atoms with van der Waals surface area (Å²) in [4.78, 5) is 26.5. The topological polar surface area (TPSA) is 58.6 Å². The zero-order chi connectivity index (χ0) is 21.1. The van der Waals surface area contributed by atoms with Crippen molar-refractivity contribution in [1.82, 2.24) is 4.90 Å². The van der Waals surface area contributed by atoms with Gasteiger partial charge in [0.2, 0.25) is 0 Å². The first kappa shape index (κ1) is 20.7. The van der Waals surface area contributed by atoms with Gasteiger partial charge in [0.15, 0.2) is 0 Å². The number of amides is 2. The Hall–Kier alpha value is -3.03. The number of rotatable bonds is 4. The second-order valence-electron chi connectivity index (χ2n) is 7.08. The number of halogens is 3. The van der Waals surface area contributed by atoms with E-state index in [-0.39, 0.29) is 29.6 Å². The van der Waals surface area contributed by atoms with E-state index in [1.54, 1.807) is 13.8 Å². The van der Waals surface area contributed by atoms with Crippen molar-refractivity contribution in [1.29, 1.82) is 0 Å². The average molecular weight is 406 g/mol. The molecule has 5 nitrogen and oxygen atoms in total. The average Bonchev–Trinajstić information content (AvgIpc) is 3.14. The highest BCUT2D eigenvalue weighted by Crippen LogP contribution is 2.34. The van der Waals surface area contributed by atoms with Crippen molar-refractivity contribution >= 4 is 17.5 Å². The van der Waals surface area contributed by atoms with Gasteiger partial charge in [-0.05, 0) is 57.0 Å². The number of nitrogens with zero attached hydrogens (tertiary/aromatic N) is 1. The Morgan fingerprint density at radius 1 is 1.10 bits per heavy atom. The Bertz CT molecular complexity index is 933. The van der Waals surface area contributed by atoms with E-state index in [1.165, 1.54) is 11.0 Å². The van der Waals surface area contributed by atoms with Crippen molar-refractivity contribution < 1.29 is 27.5 Å². The quantitative estimate of drug-likeness (QED) is 0.775. The van der Waals surface area contributed by atoms with Gasteiger partial charge in [-0.15, -0.1) is 0 Å². The van der Waals surface area contributed by atoms with Gasteiger partial charge in [-0.2, -0.15) is 0 Å². The molecule has 8 heteroatoms. The molecule has 154 valence electrons. The van der Waals surface area contributed by atoms with Crippen LogP contribution in [0, 0.1) is 17.5 Å². The highest BCUT2D eigenvalue weighted by Gasteiger charge is 2.35. The van der Waals surface area contributed by atoms with Crippen LogP contribution >= 0.6 is 0 Å². The van der Waals surface area contributed by atoms with Crippen LogP contribution < -0.4 is 10.1 Å². The van der Waals surface area contributed by atoms with Crippen LogP contribution in [0.5, 0.6) is 5.75 Å². The van der Waals surface area contributed by atoms with Gasteiger partial charge in [-0.1, -0.05) is 0 Å². The van der Waals surface area contributed by atoms with Gasteiger partial charge in [0.1, 0.15) is 23.2 Å². The summed E-state index contributed by atoms with van der Waals surface area (Å²) < 4.78 is 46.7. The van der Waals surface area contributed by atoms with E-state index in [2.05, 4.69) is 5.32 Å². The summed E-state index contributed by atoms with van der Waals surface area (Å²) in [7, 11) is 0. The fourth-order valence-electron chi connectivity index (χ4n) is 3.36. The first-order valence-electron chi connectivity index (χ1n) is 9.29. The third-order valence-electron chi connectivity index (χ3n) is 4.58. The van der Waals surface area contributed by atoms with Gasteiger partial charge in [0.05, 0.1) is 17.8 Å². The molecule has 2 aromatic rings. The normalized spacial score (nSPS) is 16.2. The number of benzene rings is 2. The second-order valence-corrected chi connectivity index (χ2v) is 7.08. The monoisotopic (exact) mass is 406 g/mol. The molecule has 0 saturated carbocycles. The molecule has 1 unspecified atom stereocenters. The number of likely N-dealkylation sites (tertiary alicyclic amines) is 1. The largest absolute Gasteiger partial charge is 0.489 e. The highest BCUT2D eigenvalue weighted by atomic mass is 19.1. The summed E-state index contributed by atoms with van der Waals surface area (Å²) in [6.07, 6.45) is 0.692. The van der Waals surface area contributed by atoms with Gasteiger partial charge in [-0.25, -0.2) is 13.2 Å². The predicted octanol–water partition coefficient (Wildman–Crippen LogP) is 4.19. The maximum atomic E-state index is 14.2. The fourth-order valence-corrected chi connectivity index (χ4v) is 3.36. The van der Waals surface area contributed by atoms with Gasteiger partial charge < -0.3 is 15.0 Å². The zero-order valence-corrected chi connectivity index (χ0v) is 16.0. The first-order chi connectivity index (χ1) is 13.8. The predicted molar refractivity (Wildman–Crippen MR) is 101 cm³/mol. The molecule has 0 aromatic heterocycles. The standard InChI is InChI=1S/C21H21F3N2O3/c1-12(2)29-19-11-14(23)6-8-17(19)25-20(27)21(28)26-9-3-4-18(26)15-10-13(22)5-7-16(15)24/h5-8,10-12,18H,3-4,9H2,1-2H3,(H,25,27). The number of carbonyl (C=O) groups excluding carboxylic acids is 2. The summed E-state index contributed by atoms with van der Waals surface area (Å²) in [6, 6.07) is 5.85. The lowest BCUT2D eigenvalue weighted by molar-refractivity contribution is -0.143. The van der Waals surface area contributed by atoms with E-state index in [4.69, 9.17) is 4.74 Å². The lowest BCUT2D eigenvalue weighted by atomic mass is 10.0. The Labute approximate surface area is 166 Å². The number of anilines is 1. The van der Waals surface area contributed by atoms with Crippen molar-refractivity contribution in [3.05, 3.63) is 59.4 Å². The number of hydrogen-bond donors (Lipinski definition) is 1. The molecule has 1 heterocycles. The Morgan fingerprint density at radius 2 is 1.79 bits per heavy atom. The Balaban J connectivity index is 1.80. The molecule has 1 fully saturated rings. The van der Waals surface area contributed by atoms with Crippen LogP contribution in [0.4, 0.5) is 18.9 Å². The zero-order valence-electron chi connectivity index (χ0n) is 16.0. The van der Waals surface area contributed by atoms with E-state index in [9.17, 15) is 22.8 Å². The van der Waals surface area contributed by atoms with Crippen molar-refractivity contribution in [2.45, 2.75) is 38.8 Å². The third kappa shape index (κ3) is 4.70. The highest BCUT2D eigenvalue weighted by molar-refractivity contribution is 6.39. The molecule has 0 radical (unpaired) electrons. The van der Waals surface area contributed by atoms with Crippen LogP contribution in [0.2, 0.25) is 0 Å². The van der Waals surface area contributed by atoms with Crippen molar-refractivity contribution in [2.75, 3.05) is 11.9 Å². The van der Waals surface area contributed by atoms with Crippen molar-refractivity contribution in [3.8, 4) is 5.75 Å². The molecule has 2 aromatic carbocycles. The molecule has 0 aliphatic carbocycles. The Kier molecular flexibility index (Phi) is 6.10. The molecule has 1 saturated heterocycles. The molecule has 0 bridgehead atoms. The van der Waals surface area contributed by atoms with Crippen molar-refractivity contribution in [3.63, 3.8) is 0 Å². The van der Waals surface area contributed by atoms with Gasteiger partial charge >= 0.3 is 11.8 Å². The molecule has 29 heavy (non-hydrogen) atoms. The second kappa shape index (κ2) is 8.55. The number of carbonyl (C=O) groups is 2. The molecule has 0 spiro atoms. The molecule has 1 N–H and O–H groups in total. The summed E-state index contributed by atoms with van der Waals surface area (Å²) in [6.45, 7) is 3.72. The summed E-state index contributed by atoms with van der Waals surface area (Å²) in [5.74, 6) is -3.55. The van der Waals surface area contributed by atoms with Crippen LogP contribution in [0.25, 0.3) is 0 Å². The third-order valence-corrected chi connectivity index (χ3v) is 4.58. The molecule has 1 aliphatic rings. The van der Waals surface area contributed by atoms with Crippen LogP contribution in [-0.2, 0) is 9.59 Å². The van der Waals surface area contributed by atoms with Crippen LogP contribution in [0.15, 0.2) is 36.4 Å². The van der Waals surface area contributed by atoms with E-state index in [0.29, 0.717) is 12.8 Å². The SMILES string of the molecule is CC(C)Oc1cc(F)ccc1NC(=O)C(=O)N1CCCC1c1cc(F)ccc1F. The molecule has 3 rings (SSSR count). The van der Waals surface area contributed by atoms with E-state index >= 15 is 0 Å². The summed E-state index contributed by atoms with van der Waals surface area (Å²) >= 11 is 0. The smallest absolute Gasteiger partial charge is 0.314 e. The molecular formula is C21H21F3N2O3. The lowest BCUT2D eigenvalue weighted by Gasteiger charge is -2.25. The minimum absolute atomic E-state index is 0.0364.